The quantitative estimate of drug-likeness (QED) is 0.798. The van der Waals surface area contributed by atoms with Crippen molar-refractivity contribution in [2.45, 2.75) is 19.3 Å². The molecule has 0 amide bonds. The Bertz CT molecular complexity index is 405. The number of ketones is 1. The fourth-order valence-corrected chi connectivity index (χ4v) is 1.94. The lowest BCUT2D eigenvalue weighted by molar-refractivity contribution is 0.0972. The number of carbonyl (C=O) groups excluding carboxylic acids is 1. The molecule has 1 N–H and O–H groups in total. The van der Waals surface area contributed by atoms with E-state index in [1.165, 1.54) is 0 Å². The largest absolute Gasteiger partial charge is 0.392 e. The average Bonchev–Trinajstić information content (AvgIpc) is 2.27. The second kappa shape index (κ2) is 4.41. The lowest BCUT2D eigenvalue weighted by atomic mass is 9.89. The molecule has 0 spiro atoms. The van der Waals surface area contributed by atoms with Crippen LogP contribution >= 0.6 is 0 Å². The summed E-state index contributed by atoms with van der Waals surface area (Å²) >= 11 is 0. The summed E-state index contributed by atoms with van der Waals surface area (Å²) in [5, 5.41) is 8.66. The van der Waals surface area contributed by atoms with Gasteiger partial charge in [-0.1, -0.05) is 24.3 Å². The van der Waals surface area contributed by atoms with Gasteiger partial charge in [0.15, 0.2) is 5.78 Å². The van der Waals surface area contributed by atoms with Crippen LogP contribution < -0.4 is 0 Å². The van der Waals surface area contributed by atoms with E-state index in [-0.39, 0.29) is 12.4 Å². The first-order valence-corrected chi connectivity index (χ1v) is 5.25. The predicted octanol–water partition coefficient (Wildman–Crippen LogP) is 2.21. The van der Waals surface area contributed by atoms with Gasteiger partial charge in [0.25, 0.3) is 0 Å². The SMILES string of the molecule is O=C1CCCc2ccc(C=CCO)cc21. The molecule has 0 radical (unpaired) electrons. The molecule has 78 valence electrons. The van der Waals surface area contributed by atoms with E-state index in [0.29, 0.717) is 6.42 Å². The lowest BCUT2D eigenvalue weighted by Gasteiger charge is -2.14. The van der Waals surface area contributed by atoms with Gasteiger partial charge in [-0.05, 0) is 30.0 Å². The van der Waals surface area contributed by atoms with Crippen molar-refractivity contribution in [2.24, 2.45) is 0 Å². The number of Topliss-reactive ketones (excluding diaryl/α,β-unsaturated/α-hetero) is 1. The van der Waals surface area contributed by atoms with Crippen molar-refractivity contribution in [1.29, 1.82) is 0 Å². The molecular formula is C13H14O2. The van der Waals surface area contributed by atoms with Gasteiger partial charge in [0.1, 0.15) is 0 Å². The fourth-order valence-electron chi connectivity index (χ4n) is 1.94. The van der Waals surface area contributed by atoms with Gasteiger partial charge in [-0.2, -0.15) is 0 Å². The molecule has 0 aliphatic heterocycles. The minimum atomic E-state index is 0.0328. The molecule has 2 nitrogen and oxygen atoms in total. The standard InChI is InChI=1S/C13H14O2/c14-8-2-3-10-6-7-11-4-1-5-13(15)12(11)9-10/h2-3,6-7,9,14H,1,4-5,8H2. The fraction of sp³-hybridized carbons (Fsp3) is 0.308. The van der Waals surface area contributed by atoms with Crippen LogP contribution in [-0.2, 0) is 6.42 Å². The summed E-state index contributed by atoms with van der Waals surface area (Å²) in [7, 11) is 0. The Labute approximate surface area is 89.2 Å². The zero-order valence-electron chi connectivity index (χ0n) is 8.57. The monoisotopic (exact) mass is 202 g/mol. The first kappa shape index (κ1) is 10.1. The smallest absolute Gasteiger partial charge is 0.163 e. The number of benzene rings is 1. The van der Waals surface area contributed by atoms with Gasteiger partial charge in [-0.3, -0.25) is 4.79 Å². The number of aryl methyl sites for hydroxylation is 1. The highest BCUT2D eigenvalue weighted by Gasteiger charge is 2.16. The molecule has 1 aliphatic rings. The van der Waals surface area contributed by atoms with Crippen molar-refractivity contribution in [2.75, 3.05) is 6.61 Å². The zero-order valence-corrected chi connectivity index (χ0v) is 8.57. The van der Waals surface area contributed by atoms with E-state index in [4.69, 9.17) is 5.11 Å². The van der Waals surface area contributed by atoms with E-state index >= 15 is 0 Å². The predicted molar refractivity (Wildman–Crippen MR) is 59.8 cm³/mol. The van der Waals surface area contributed by atoms with Crippen LogP contribution in [0.5, 0.6) is 0 Å². The van der Waals surface area contributed by atoms with Gasteiger partial charge < -0.3 is 5.11 Å². The lowest BCUT2D eigenvalue weighted by Crippen LogP contribution is -2.10. The van der Waals surface area contributed by atoms with Gasteiger partial charge in [0.2, 0.25) is 0 Å². The van der Waals surface area contributed by atoms with Crippen LogP contribution in [0.2, 0.25) is 0 Å². The molecule has 1 aromatic rings. The van der Waals surface area contributed by atoms with Crippen molar-refractivity contribution >= 4 is 11.9 Å². The first-order valence-electron chi connectivity index (χ1n) is 5.25. The Balaban J connectivity index is 2.35. The molecule has 0 heterocycles. The molecule has 0 fully saturated rings. The molecule has 1 aromatic carbocycles. The number of rotatable bonds is 2. The summed E-state index contributed by atoms with van der Waals surface area (Å²) in [6.07, 6.45) is 6.15. The number of aliphatic hydroxyl groups is 1. The van der Waals surface area contributed by atoms with Crippen LogP contribution in [0.3, 0.4) is 0 Å². The maximum Gasteiger partial charge on any atom is 0.163 e. The second-order valence-corrected chi connectivity index (χ2v) is 3.78. The summed E-state index contributed by atoms with van der Waals surface area (Å²) in [6, 6.07) is 5.93. The van der Waals surface area contributed by atoms with Crippen LogP contribution in [0.4, 0.5) is 0 Å². The minimum absolute atomic E-state index is 0.0328. The summed E-state index contributed by atoms with van der Waals surface area (Å²) in [5.74, 6) is 0.246. The Morgan fingerprint density at radius 2 is 2.20 bits per heavy atom. The van der Waals surface area contributed by atoms with Gasteiger partial charge >= 0.3 is 0 Å². The van der Waals surface area contributed by atoms with Gasteiger partial charge in [0.05, 0.1) is 6.61 Å². The van der Waals surface area contributed by atoms with Crippen molar-refractivity contribution in [3.8, 4) is 0 Å². The highest BCUT2D eigenvalue weighted by molar-refractivity contribution is 5.98. The van der Waals surface area contributed by atoms with Crippen LogP contribution in [0.25, 0.3) is 6.08 Å². The molecule has 0 saturated heterocycles. The van der Waals surface area contributed by atoms with E-state index in [1.807, 2.05) is 24.3 Å². The van der Waals surface area contributed by atoms with Crippen molar-refractivity contribution in [3.63, 3.8) is 0 Å². The number of aliphatic hydroxyl groups excluding tert-OH is 1. The van der Waals surface area contributed by atoms with E-state index in [9.17, 15) is 4.79 Å². The number of fused-ring (bicyclic) bond motifs is 1. The van der Waals surface area contributed by atoms with Gasteiger partial charge in [-0.25, -0.2) is 0 Å². The zero-order chi connectivity index (χ0) is 10.7. The first-order chi connectivity index (χ1) is 7.31. The Hall–Kier alpha value is -1.41. The molecule has 1 aliphatic carbocycles. The van der Waals surface area contributed by atoms with Crippen molar-refractivity contribution in [3.05, 3.63) is 41.0 Å². The third-order valence-electron chi connectivity index (χ3n) is 2.70. The molecule has 0 atom stereocenters. The highest BCUT2D eigenvalue weighted by atomic mass is 16.2. The summed E-state index contributed by atoms with van der Waals surface area (Å²) < 4.78 is 0. The maximum atomic E-state index is 11.6. The van der Waals surface area contributed by atoms with Crippen LogP contribution in [-0.4, -0.2) is 17.5 Å². The second-order valence-electron chi connectivity index (χ2n) is 3.78. The van der Waals surface area contributed by atoms with E-state index < -0.39 is 0 Å². The summed E-state index contributed by atoms with van der Waals surface area (Å²) in [6.45, 7) is 0.0328. The topological polar surface area (TPSA) is 37.3 Å². The van der Waals surface area contributed by atoms with Gasteiger partial charge in [-0.15, -0.1) is 0 Å². The molecule has 2 heteroatoms. The molecule has 15 heavy (non-hydrogen) atoms. The highest BCUT2D eigenvalue weighted by Crippen LogP contribution is 2.22. The summed E-state index contributed by atoms with van der Waals surface area (Å²) in [5.41, 5.74) is 3.01. The number of hydrogen-bond donors (Lipinski definition) is 1. The van der Waals surface area contributed by atoms with Crippen LogP contribution in [0.1, 0.15) is 34.3 Å². The Morgan fingerprint density at radius 3 is 3.00 bits per heavy atom. The summed E-state index contributed by atoms with van der Waals surface area (Å²) in [4.78, 5) is 11.6. The average molecular weight is 202 g/mol. The van der Waals surface area contributed by atoms with Crippen LogP contribution in [0.15, 0.2) is 24.3 Å². The Kier molecular flexibility index (Phi) is 2.97. The molecule has 0 bridgehead atoms. The van der Waals surface area contributed by atoms with Crippen LogP contribution in [0, 0.1) is 0 Å². The third kappa shape index (κ3) is 2.16. The molecule has 0 saturated carbocycles. The minimum Gasteiger partial charge on any atom is -0.392 e. The van der Waals surface area contributed by atoms with E-state index in [0.717, 1.165) is 29.5 Å². The van der Waals surface area contributed by atoms with Crippen molar-refractivity contribution < 1.29 is 9.90 Å². The number of hydrogen-bond acceptors (Lipinski definition) is 2. The third-order valence-corrected chi connectivity index (χ3v) is 2.70. The maximum absolute atomic E-state index is 11.6. The van der Waals surface area contributed by atoms with E-state index in [2.05, 4.69) is 0 Å². The molecule has 0 aromatic heterocycles. The normalized spacial score (nSPS) is 15.7. The van der Waals surface area contributed by atoms with Crippen molar-refractivity contribution in [1.82, 2.24) is 0 Å². The Morgan fingerprint density at radius 1 is 1.33 bits per heavy atom. The van der Waals surface area contributed by atoms with Gasteiger partial charge in [0, 0.05) is 12.0 Å². The van der Waals surface area contributed by atoms with E-state index in [1.54, 1.807) is 6.08 Å². The molecular weight excluding hydrogens is 188 g/mol. The number of carbonyl (C=O) groups is 1. The molecule has 0 unspecified atom stereocenters. The molecule has 2 rings (SSSR count).